The first-order valence-corrected chi connectivity index (χ1v) is 12.7. The predicted octanol–water partition coefficient (Wildman–Crippen LogP) is -0.362. The normalized spacial score (nSPS) is 18.0. The minimum absolute atomic E-state index is 0.0324. The van der Waals surface area contributed by atoms with E-state index in [2.05, 4.69) is 21.3 Å². The lowest BCUT2D eigenvalue weighted by atomic mass is 10.1. The number of carbonyl (C=O) groups is 5. The number of primary amides is 1. The zero-order valence-corrected chi connectivity index (χ0v) is 22.1. The topological polar surface area (TPSA) is 187 Å². The van der Waals surface area contributed by atoms with Gasteiger partial charge in [-0.1, -0.05) is 12.1 Å². The second-order valence-corrected chi connectivity index (χ2v) is 8.81. The van der Waals surface area contributed by atoms with E-state index in [4.69, 9.17) is 19.9 Å². The Labute approximate surface area is 231 Å². The van der Waals surface area contributed by atoms with Gasteiger partial charge in [0.25, 0.3) is 5.91 Å². The maximum atomic E-state index is 13.1. The SMILES string of the molecule is COc1ccc(OCCNC(=O)[C@@H]2CC(=O)N[C@@H](CCC(N)=O)C(=O)NCCOc3ccccc3C(=O)N2)cc1. The molecule has 0 bridgehead atoms. The Morgan fingerprint density at radius 2 is 1.77 bits per heavy atom. The molecule has 5 amide bonds. The fourth-order valence-electron chi connectivity index (χ4n) is 3.82. The van der Waals surface area contributed by atoms with E-state index in [1.807, 2.05) is 0 Å². The molecule has 2 aromatic carbocycles. The van der Waals surface area contributed by atoms with Gasteiger partial charge in [0.2, 0.25) is 23.6 Å². The van der Waals surface area contributed by atoms with Gasteiger partial charge in [0.05, 0.1) is 32.2 Å². The Bertz CT molecular complexity index is 1200. The molecule has 0 saturated heterocycles. The van der Waals surface area contributed by atoms with Crippen molar-refractivity contribution >= 4 is 29.5 Å². The molecular weight excluding hydrogens is 522 g/mol. The molecule has 214 valence electrons. The number of methoxy groups -OCH3 is 1. The van der Waals surface area contributed by atoms with Crippen molar-refractivity contribution in [1.82, 2.24) is 21.3 Å². The first-order chi connectivity index (χ1) is 19.3. The second-order valence-electron chi connectivity index (χ2n) is 8.81. The van der Waals surface area contributed by atoms with Gasteiger partial charge < -0.3 is 41.2 Å². The summed E-state index contributed by atoms with van der Waals surface area (Å²) in [4.78, 5) is 63.0. The van der Waals surface area contributed by atoms with Gasteiger partial charge in [-0.15, -0.1) is 0 Å². The van der Waals surface area contributed by atoms with Gasteiger partial charge in [-0.2, -0.15) is 0 Å². The Balaban J connectivity index is 1.72. The highest BCUT2D eigenvalue weighted by Gasteiger charge is 2.28. The highest BCUT2D eigenvalue weighted by Crippen LogP contribution is 2.19. The summed E-state index contributed by atoms with van der Waals surface area (Å²) < 4.78 is 16.4. The molecule has 0 aliphatic carbocycles. The number of rotatable bonds is 9. The lowest BCUT2D eigenvalue weighted by Gasteiger charge is -2.23. The molecule has 13 heteroatoms. The number of benzene rings is 2. The molecular formula is C27H33N5O8. The third-order valence-electron chi connectivity index (χ3n) is 5.86. The molecule has 40 heavy (non-hydrogen) atoms. The fraction of sp³-hybridized carbons (Fsp3) is 0.370. The van der Waals surface area contributed by atoms with Crippen molar-refractivity contribution < 1.29 is 38.2 Å². The van der Waals surface area contributed by atoms with Crippen molar-refractivity contribution in [1.29, 1.82) is 0 Å². The summed E-state index contributed by atoms with van der Waals surface area (Å²) >= 11 is 0. The van der Waals surface area contributed by atoms with Gasteiger partial charge in [-0.3, -0.25) is 24.0 Å². The number of amides is 5. The van der Waals surface area contributed by atoms with Crippen LogP contribution < -0.4 is 41.2 Å². The number of para-hydroxylation sites is 1. The highest BCUT2D eigenvalue weighted by molar-refractivity contribution is 6.01. The van der Waals surface area contributed by atoms with Gasteiger partial charge in [-0.25, -0.2) is 0 Å². The van der Waals surface area contributed by atoms with E-state index in [1.165, 1.54) is 6.07 Å². The van der Waals surface area contributed by atoms with Gasteiger partial charge in [0.15, 0.2) is 0 Å². The van der Waals surface area contributed by atoms with Crippen LogP contribution in [0.5, 0.6) is 17.2 Å². The second kappa shape index (κ2) is 15.0. The number of nitrogens with two attached hydrogens (primary N) is 1. The van der Waals surface area contributed by atoms with Crippen LogP contribution >= 0.6 is 0 Å². The minimum atomic E-state index is -1.29. The van der Waals surface area contributed by atoms with E-state index in [0.717, 1.165) is 0 Å². The molecule has 2 aromatic rings. The first kappa shape index (κ1) is 29.7. The van der Waals surface area contributed by atoms with Crippen LogP contribution in [0.25, 0.3) is 0 Å². The van der Waals surface area contributed by atoms with Crippen molar-refractivity contribution in [2.24, 2.45) is 5.73 Å². The van der Waals surface area contributed by atoms with Crippen molar-refractivity contribution in [3.63, 3.8) is 0 Å². The van der Waals surface area contributed by atoms with Crippen molar-refractivity contribution in [3.8, 4) is 17.2 Å². The summed E-state index contributed by atoms with van der Waals surface area (Å²) in [7, 11) is 1.55. The predicted molar refractivity (Wildman–Crippen MR) is 143 cm³/mol. The van der Waals surface area contributed by atoms with Crippen molar-refractivity contribution in [2.75, 3.05) is 33.4 Å². The minimum Gasteiger partial charge on any atom is -0.497 e. The van der Waals surface area contributed by atoms with Crippen LogP contribution in [-0.2, 0) is 19.2 Å². The Hall–Kier alpha value is -4.81. The van der Waals surface area contributed by atoms with E-state index in [9.17, 15) is 24.0 Å². The smallest absolute Gasteiger partial charge is 0.255 e. The molecule has 0 radical (unpaired) electrons. The molecule has 1 heterocycles. The molecule has 0 saturated carbocycles. The molecule has 0 fully saturated rings. The summed E-state index contributed by atoms with van der Waals surface area (Å²) in [6.07, 6.45) is -0.653. The van der Waals surface area contributed by atoms with Crippen LogP contribution in [0.3, 0.4) is 0 Å². The monoisotopic (exact) mass is 555 g/mol. The van der Waals surface area contributed by atoms with E-state index in [-0.39, 0.29) is 50.5 Å². The third kappa shape index (κ3) is 9.19. The van der Waals surface area contributed by atoms with Crippen LogP contribution in [0, 0.1) is 0 Å². The Morgan fingerprint density at radius 3 is 2.50 bits per heavy atom. The van der Waals surface area contributed by atoms with Crippen LogP contribution in [0.15, 0.2) is 48.5 Å². The van der Waals surface area contributed by atoms with Crippen LogP contribution in [0.1, 0.15) is 29.6 Å². The molecule has 1 aliphatic rings. The highest BCUT2D eigenvalue weighted by atomic mass is 16.5. The van der Waals surface area contributed by atoms with Crippen molar-refractivity contribution in [3.05, 3.63) is 54.1 Å². The molecule has 0 aromatic heterocycles. The lowest BCUT2D eigenvalue weighted by molar-refractivity contribution is -0.131. The van der Waals surface area contributed by atoms with E-state index in [0.29, 0.717) is 11.5 Å². The van der Waals surface area contributed by atoms with Gasteiger partial charge >= 0.3 is 0 Å². The Kier molecular flexibility index (Phi) is 11.1. The molecule has 2 atom stereocenters. The third-order valence-corrected chi connectivity index (χ3v) is 5.86. The van der Waals surface area contributed by atoms with Gasteiger partial charge in [0.1, 0.15) is 42.5 Å². The number of hydrogen-bond acceptors (Lipinski definition) is 8. The van der Waals surface area contributed by atoms with Crippen LogP contribution in [0.4, 0.5) is 0 Å². The molecule has 13 nitrogen and oxygen atoms in total. The number of nitrogens with one attached hydrogen (secondary N) is 4. The molecule has 6 N–H and O–H groups in total. The standard InChI is InChI=1S/C27H33N5O8/c1-38-17-6-8-18(9-7-17)39-14-12-30-27(37)21-16-24(34)31-20(10-11-23(28)33)26(36)29-13-15-40-22-5-3-2-4-19(22)25(35)32-21/h2-9,20-21H,10-16H2,1H3,(H2,28,33)(H,29,36)(H,30,37)(H,31,34)(H,32,35)/t20-,21-/m0/s1. The summed E-state index contributed by atoms with van der Waals surface area (Å²) in [6.45, 7) is 0.325. The van der Waals surface area contributed by atoms with E-state index < -0.39 is 48.0 Å². The molecule has 0 unspecified atom stereocenters. The van der Waals surface area contributed by atoms with Crippen LogP contribution in [0.2, 0.25) is 0 Å². The summed E-state index contributed by atoms with van der Waals surface area (Å²) in [5.41, 5.74) is 5.37. The number of ether oxygens (including phenoxy) is 3. The van der Waals surface area contributed by atoms with E-state index >= 15 is 0 Å². The maximum Gasteiger partial charge on any atom is 0.255 e. The largest absolute Gasteiger partial charge is 0.497 e. The summed E-state index contributed by atoms with van der Waals surface area (Å²) in [5.74, 6) is -1.63. The molecule has 0 spiro atoms. The summed E-state index contributed by atoms with van der Waals surface area (Å²) in [5, 5.41) is 10.4. The van der Waals surface area contributed by atoms with Crippen LogP contribution in [-0.4, -0.2) is 75.0 Å². The fourth-order valence-corrected chi connectivity index (χ4v) is 3.82. The summed E-state index contributed by atoms with van der Waals surface area (Å²) in [6, 6.07) is 10.9. The number of carbonyl (C=O) groups excluding carboxylic acids is 5. The Morgan fingerprint density at radius 1 is 1.05 bits per heavy atom. The van der Waals surface area contributed by atoms with Crippen molar-refractivity contribution in [2.45, 2.75) is 31.3 Å². The van der Waals surface area contributed by atoms with Gasteiger partial charge in [0, 0.05) is 6.42 Å². The van der Waals surface area contributed by atoms with E-state index in [1.54, 1.807) is 49.6 Å². The quantitative estimate of drug-likeness (QED) is 0.259. The molecule has 3 rings (SSSR count). The average Bonchev–Trinajstić information content (AvgIpc) is 2.95. The zero-order valence-electron chi connectivity index (χ0n) is 22.1. The number of hydrogen-bond donors (Lipinski definition) is 5. The molecule has 1 aliphatic heterocycles. The average molecular weight is 556 g/mol. The lowest BCUT2D eigenvalue weighted by Crippen LogP contribution is -2.53. The maximum absolute atomic E-state index is 13.1. The number of fused-ring (bicyclic) bond motifs is 1. The first-order valence-electron chi connectivity index (χ1n) is 12.7. The zero-order chi connectivity index (χ0) is 28.9. The van der Waals surface area contributed by atoms with Gasteiger partial charge in [-0.05, 0) is 42.8 Å².